The van der Waals surface area contributed by atoms with Crippen molar-refractivity contribution in [3.63, 3.8) is 0 Å². The smallest absolute Gasteiger partial charge is 0.347 e. The van der Waals surface area contributed by atoms with Gasteiger partial charge in [0.2, 0.25) is 0 Å². The van der Waals surface area contributed by atoms with Crippen molar-refractivity contribution in [1.82, 2.24) is 14.9 Å². The summed E-state index contributed by atoms with van der Waals surface area (Å²) in [6.45, 7) is 5.84. The van der Waals surface area contributed by atoms with Gasteiger partial charge in [0.05, 0.1) is 15.0 Å². The van der Waals surface area contributed by atoms with E-state index in [2.05, 4.69) is 56.6 Å². The number of nitrogens with zero attached hydrogens (tertiary/aromatic N) is 3. The molecule has 0 bridgehead atoms. The maximum Gasteiger partial charge on any atom is 0.347 e. The zero-order chi connectivity index (χ0) is 16.9. The number of nitrogens with one attached hydrogen (secondary N) is 1. The van der Waals surface area contributed by atoms with Crippen LogP contribution in [-0.2, 0) is 0 Å². The second-order valence-electron chi connectivity index (χ2n) is 6.10. The number of likely N-dealkylation sites (N-methyl/N-ethyl adjacent to an activating group) is 1. The van der Waals surface area contributed by atoms with Gasteiger partial charge in [0.25, 0.3) is 0 Å². The predicted octanol–water partition coefficient (Wildman–Crippen LogP) is 2.57. The number of aromatic nitrogens is 2. The van der Waals surface area contributed by atoms with Crippen molar-refractivity contribution in [2.45, 2.75) is 25.9 Å². The number of anilines is 1. The van der Waals surface area contributed by atoms with E-state index in [9.17, 15) is 9.90 Å². The molecule has 1 saturated heterocycles. The van der Waals surface area contributed by atoms with E-state index in [0.29, 0.717) is 32.3 Å². The Morgan fingerprint density at radius 3 is 2.78 bits per heavy atom. The average molecular weight is 402 g/mol. The topological polar surface area (TPSA) is 72.5 Å². The van der Waals surface area contributed by atoms with Gasteiger partial charge >= 0.3 is 5.69 Å². The molecule has 1 aliphatic heterocycles. The number of benzene rings is 1. The molecule has 2 aromatic rings. The molecule has 0 radical (unpaired) electrons. The lowest BCUT2D eigenvalue weighted by atomic mass is 10.1. The van der Waals surface area contributed by atoms with E-state index in [-0.39, 0.29) is 11.8 Å². The second-order valence-corrected chi connectivity index (χ2v) is 7.30. The largest absolute Gasteiger partial charge is 0.505 e. The molecule has 0 unspecified atom stereocenters. The van der Waals surface area contributed by atoms with Crippen molar-refractivity contribution in [1.29, 1.82) is 0 Å². The first-order valence-electron chi connectivity index (χ1n) is 7.37. The highest BCUT2D eigenvalue weighted by Gasteiger charge is 2.29. The Balaban J connectivity index is 2.23. The molecule has 2 heterocycles. The zero-order valence-electron chi connectivity index (χ0n) is 13.1. The maximum atomic E-state index is 12.0. The van der Waals surface area contributed by atoms with Crippen LogP contribution in [0.1, 0.15) is 13.8 Å². The lowest BCUT2D eigenvalue weighted by Crippen LogP contribution is -2.55. The molecule has 124 valence electrons. The first kappa shape index (κ1) is 16.5. The van der Waals surface area contributed by atoms with Crippen molar-refractivity contribution in [2.75, 3.05) is 25.0 Å². The number of phenolic OH excluding ortho intramolecular Hbond substituents is 1. The van der Waals surface area contributed by atoms with Crippen LogP contribution in [-0.4, -0.2) is 52.2 Å². The second kappa shape index (κ2) is 5.96. The quantitative estimate of drug-likeness (QED) is 0.768. The number of aromatic hydroxyl groups is 1. The maximum absolute atomic E-state index is 12.0. The van der Waals surface area contributed by atoms with Crippen LogP contribution in [0.3, 0.4) is 0 Å². The highest BCUT2D eigenvalue weighted by Crippen LogP contribution is 2.40. The van der Waals surface area contributed by atoms with Gasteiger partial charge in [-0.2, -0.15) is 4.98 Å². The third-order valence-corrected chi connectivity index (χ3v) is 5.77. The van der Waals surface area contributed by atoms with Gasteiger partial charge < -0.3 is 15.0 Å². The summed E-state index contributed by atoms with van der Waals surface area (Å²) >= 11 is 9.41. The number of hydrogen-bond donors (Lipinski definition) is 2. The summed E-state index contributed by atoms with van der Waals surface area (Å²) in [4.78, 5) is 23.1. The summed E-state index contributed by atoms with van der Waals surface area (Å²) < 4.78 is 0.360. The molecule has 1 aromatic carbocycles. The first-order chi connectivity index (χ1) is 10.8. The molecule has 6 nitrogen and oxygen atoms in total. The lowest BCUT2D eigenvalue weighted by molar-refractivity contribution is 0.205. The number of H-pyrrole nitrogens is 1. The van der Waals surface area contributed by atoms with E-state index < -0.39 is 5.69 Å². The Kier molecular flexibility index (Phi) is 4.29. The van der Waals surface area contributed by atoms with Crippen LogP contribution in [0.5, 0.6) is 5.75 Å². The number of aromatic amines is 1. The number of fused-ring (bicyclic) bond motifs is 1. The molecule has 1 fully saturated rings. The molecule has 0 saturated carbocycles. The minimum Gasteiger partial charge on any atom is -0.505 e. The number of hydrogen-bond acceptors (Lipinski definition) is 5. The highest BCUT2D eigenvalue weighted by molar-refractivity contribution is 9.10. The summed E-state index contributed by atoms with van der Waals surface area (Å²) in [6.07, 6.45) is 0. The van der Waals surface area contributed by atoms with Crippen LogP contribution in [0.25, 0.3) is 10.9 Å². The lowest BCUT2D eigenvalue weighted by Gasteiger charge is -2.43. The zero-order valence-corrected chi connectivity index (χ0v) is 15.4. The number of rotatable bonds is 1. The Morgan fingerprint density at radius 1 is 1.39 bits per heavy atom. The van der Waals surface area contributed by atoms with Crippen molar-refractivity contribution in [3.8, 4) is 5.75 Å². The average Bonchev–Trinajstić information content (AvgIpc) is 2.49. The van der Waals surface area contributed by atoms with E-state index in [1.165, 1.54) is 0 Å². The third kappa shape index (κ3) is 2.81. The molecular weight excluding hydrogens is 384 g/mol. The summed E-state index contributed by atoms with van der Waals surface area (Å²) in [6, 6.07) is 2.24. The van der Waals surface area contributed by atoms with Crippen molar-refractivity contribution < 1.29 is 5.11 Å². The van der Waals surface area contributed by atoms with E-state index in [1.807, 2.05) is 0 Å². The molecule has 0 amide bonds. The number of phenols is 1. The number of halogens is 2. The summed E-state index contributed by atoms with van der Waals surface area (Å²) in [5.41, 5.74) is -0.147. The number of piperazine rings is 1. The van der Waals surface area contributed by atoms with Crippen molar-refractivity contribution >= 4 is 44.3 Å². The van der Waals surface area contributed by atoms with Gasteiger partial charge in [-0.25, -0.2) is 4.79 Å². The molecule has 3 rings (SSSR count). The van der Waals surface area contributed by atoms with Crippen LogP contribution >= 0.6 is 27.5 Å². The minimum atomic E-state index is -0.490. The highest BCUT2D eigenvalue weighted by atomic mass is 79.9. The Bertz CT molecular complexity index is 825. The first-order valence-corrected chi connectivity index (χ1v) is 8.54. The molecule has 0 aliphatic carbocycles. The Labute approximate surface area is 147 Å². The Hall–Kier alpha value is -1.31. The van der Waals surface area contributed by atoms with Crippen LogP contribution in [0.15, 0.2) is 15.3 Å². The SMILES string of the molecule is C[C@@H]1CN(c2nc(=O)[nH]c3c(O)c(Br)c(Cl)cc23)[C@@H](C)CN1C. The summed E-state index contributed by atoms with van der Waals surface area (Å²) in [5, 5.41) is 11.3. The molecule has 8 heteroatoms. The monoisotopic (exact) mass is 400 g/mol. The fraction of sp³-hybridized carbons (Fsp3) is 0.467. The van der Waals surface area contributed by atoms with Crippen molar-refractivity contribution in [3.05, 3.63) is 26.0 Å². The van der Waals surface area contributed by atoms with Gasteiger partial charge in [-0.15, -0.1) is 0 Å². The van der Waals surface area contributed by atoms with Gasteiger partial charge in [0, 0.05) is 30.6 Å². The molecular formula is C15H18BrClN4O2. The molecule has 0 spiro atoms. The normalized spacial score (nSPS) is 22.7. The van der Waals surface area contributed by atoms with Gasteiger partial charge in [-0.05, 0) is 42.9 Å². The molecule has 1 aliphatic rings. The fourth-order valence-corrected chi connectivity index (χ4v) is 3.53. The molecule has 1 aromatic heterocycles. The van der Waals surface area contributed by atoms with Gasteiger partial charge in [0.15, 0.2) is 5.75 Å². The van der Waals surface area contributed by atoms with Gasteiger partial charge in [0.1, 0.15) is 5.82 Å². The Morgan fingerprint density at radius 2 is 2.09 bits per heavy atom. The fourth-order valence-electron chi connectivity index (χ4n) is 3.02. The van der Waals surface area contributed by atoms with E-state index >= 15 is 0 Å². The standard InChI is InChI=1S/C15H18BrClN4O2/c1-7-6-21(8(2)5-20(7)3)14-9-4-10(17)11(16)13(22)12(9)18-15(23)19-14/h4,7-8,22H,5-6H2,1-3H3,(H,18,19,23)/t7-,8+/m1/s1. The molecule has 2 atom stereocenters. The van der Waals surface area contributed by atoms with Gasteiger partial charge in [-0.3, -0.25) is 4.90 Å². The van der Waals surface area contributed by atoms with Crippen LogP contribution in [0.2, 0.25) is 5.02 Å². The predicted molar refractivity (Wildman–Crippen MR) is 95.6 cm³/mol. The third-order valence-electron chi connectivity index (χ3n) is 4.44. The summed E-state index contributed by atoms with van der Waals surface area (Å²) in [7, 11) is 2.08. The van der Waals surface area contributed by atoms with E-state index in [0.717, 1.165) is 13.1 Å². The van der Waals surface area contributed by atoms with Crippen LogP contribution < -0.4 is 10.6 Å². The minimum absolute atomic E-state index is 0.0805. The van der Waals surface area contributed by atoms with Crippen molar-refractivity contribution in [2.24, 2.45) is 0 Å². The summed E-state index contributed by atoms with van der Waals surface area (Å²) in [5.74, 6) is 0.476. The van der Waals surface area contributed by atoms with Crippen LogP contribution in [0.4, 0.5) is 5.82 Å². The molecule has 2 N–H and O–H groups in total. The van der Waals surface area contributed by atoms with E-state index in [1.54, 1.807) is 6.07 Å². The van der Waals surface area contributed by atoms with Crippen LogP contribution in [0, 0.1) is 0 Å². The van der Waals surface area contributed by atoms with Gasteiger partial charge in [-0.1, -0.05) is 11.6 Å². The molecule has 23 heavy (non-hydrogen) atoms. The van der Waals surface area contributed by atoms with E-state index in [4.69, 9.17) is 11.6 Å².